The van der Waals surface area contributed by atoms with E-state index in [1.807, 2.05) is 30.0 Å². The summed E-state index contributed by atoms with van der Waals surface area (Å²) in [7, 11) is 0. The minimum Gasteiger partial charge on any atom is -0.481 e. The minimum absolute atomic E-state index is 0.0183. The molecule has 1 aliphatic carbocycles. The van der Waals surface area contributed by atoms with Gasteiger partial charge in [0.05, 0.1) is 18.0 Å². The number of rotatable bonds is 8. The molecule has 1 aromatic heterocycles. The van der Waals surface area contributed by atoms with Crippen molar-refractivity contribution in [1.29, 1.82) is 0 Å². The molecule has 0 aliphatic heterocycles. The number of carboxylic acid groups (broad SMARTS) is 1. The van der Waals surface area contributed by atoms with Crippen LogP contribution in [0.5, 0.6) is 0 Å². The maximum Gasteiger partial charge on any atom is 0.318 e. The molecule has 3 aromatic carbocycles. The maximum absolute atomic E-state index is 14.1. The quantitative estimate of drug-likeness (QED) is 0.241. The molecule has 1 saturated carbocycles. The number of aliphatic carboxylic acids is 1. The molecule has 0 spiro atoms. The molecule has 8 heteroatoms. The lowest BCUT2D eigenvalue weighted by Gasteiger charge is -2.38. The maximum atomic E-state index is 14.1. The molecule has 0 unspecified atom stereocenters. The summed E-state index contributed by atoms with van der Waals surface area (Å²) in [4.78, 5) is 31.0. The predicted octanol–water partition coefficient (Wildman–Crippen LogP) is 7.14. The Labute approximate surface area is 238 Å². The van der Waals surface area contributed by atoms with Gasteiger partial charge in [-0.2, -0.15) is 0 Å². The second kappa shape index (κ2) is 12.5. The molecule has 5 rings (SSSR count). The normalized spacial score (nSPS) is 17.6. The highest BCUT2D eigenvalue weighted by Crippen LogP contribution is 2.38. The van der Waals surface area contributed by atoms with E-state index in [1.54, 1.807) is 42.6 Å². The molecule has 1 fully saturated rings. The topological polar surface area (TPSA) is 82.5 Å². The van der Waals surface area contributed by atoms with E-state index in [2.05, 4.69) is 10.3 Å². The van der Waals surface area contributed by atoms with Crippen LogP contribution in [0.3, 0.4) is 0 Å². The molecule has 0 radical (unpaired) electrons. The zero-order valence-electron chi connectivity index (χ0n) is 22.9. The van der Waals surface area contributed by atoms with Gasteiger partial charge in [-0.1, -0.05) is 36.4 Å². The molecule has 1 aliphatic rings. The summed E-state index contributed by atoms with van der Waals surface area (Å²) in [5, 5.41) is 13.0. The highest BCUT2D eigenvalue weighted by atomic mass is 19.1. The van der Waals surface area contributed by atoms with Crippen LogP contribution in [-0.4, -0.2) is 33.0 Å². The number of aromatic nitrogens is 1. The predicted molar refractivity (Wildman–Crippen MR) is 153 cm³/mol. The van der Waals surface area contributed by atoms with Crippen molar-refractivity contribution in [3.63, 3.8) is 0 Å². The average molecular weight is 558 g/mol. The smallest absolute Gasteiger partial charge is 0.318 e. The lowest BCUT2D eigenvalue weighted by molar-refractivity contribution is -0.136. The zero-order chi connectivity index (χ0) is 28.9. The monoisotopic (exact) mass is 557 g/mol. The number of carbonyl (C=O) groups is 2. The van der Waals surface area contributed by atoms with Crippen LogP contribution in [0.2, 0.25) is 0 Å². The number of halogens is 2. The Hall–Kier alpha value is -4.33. The van der Waals surface area contributed by atoms with Crippen LogP contribution in [0.4, 0.5) is 13.6 Å². The van der Waals surface area contributed by atoms with E-state index in [9.17, 15) is 18.4 Å². The SMILES string of the molecule is C[C@@H](NC(=O)N(Cc1ccc(CC(=O)O)cc1)[C@H]1CC[C@H](c2ccnc3ccc(F)cc32)CC1)c1ccc(F)cc1. The molecule has 6 nitrogen and oxygen atoms in total. The lowest BCUT2D eigenvalue weighted by Crippen LogP contribution is -2.47. The largest absolute Gasteiger partial charge is 0.481 e. The van der Waals surface area contributed by atoms with Crippen molar-refractivity contribution in [2.45, 2.75) is 63.6 Å². The average Bonchev–Trinajstić information content (AvgIpc) is 2.96. The number of hydrogen-bond donors (Lipinski definition) is 2. The van der Waals surface area contributed by atoms with Gasteiger partial charge in [0.15, 0.2) is 0 Å². The third-order valence-corrected chi connectivity index (χ3v) is 8.02. The molecular weight excluding hydrogens is 524 g/mol. The van der Waals surface area contributed by atoms with Crippen LogP contribution >= 0.6 is 0 Å². The van der Waals surface area contributed by atoms with Crippen LogP contribution < -0.4 is 5.32 Å². The Kier molecular flexibility index (Phi) is 8.57. The number of amides is 2. The second-order valence-electron chi connectivity index (χ2n) is 10.8. The van der Waals surface area contributed by atoms with Gasteiger partial charge in [-0.25, -0.2) is 13.6 Å². The standard InChI is InChI=1S/C33H33F2N3O3/c1-21(24-6-10-26(34)11-7-24)37-33(41)38(20-23-4-2-22(3-5-23)18-32(39)40)28-13-8-25(9-14-28)29-16-17-36-31-15-12-27(35)19-30(29)31/h2-7,10-12,15-17,19,21,25,28H,8-9,13-14,18,20H2,1H3,(H,37,41)(H,39,40)/t21-,25-,28-/m1/s1. The third kappa shape index (κ3) is 6.88. The van der Waals surface area contributed by atoms with Crippen LogP contribution in [-0.2, 0) is 17.8 Å². The van der Waals surface area contributed by atoms with Crippen LogP contribution in [0, 0.1) is 11.6 Å². The number of carbonyl (C=O) groups excluding carboxylic acids is 1. The number of urea groups is 1. The van der Waals surface area contributed by atoms with Gasteiger partial charge in [0, 0.05) is 24.2 Å². The molecule has 41 heavy (non-hydrogen) atoms. The number of nitrogens with one attached hydrogen (secondary N) is 1. The molecule has 2 amide bonds. The van der Waals surface area contributed by atoms with Crippen molar-refractivity contribution in [1.82, 2.24) is 15.2 Å². The third-order valence-electron chi connectivity index (χ3n) is 8.02. The van der Waals surface area contributed by atoms with Gasteiger partial charge < -0.3 is 15.3 Å². The van der Waals surface area contributed by atoms with Crippen molar-refractivity contribution in [3.8, 4) is 0 Å². The van der Waals surface area contributed by atoms with Crippen LogP contribution in [0.25, 0.3) is 10.9 Å². The van der Waals surface area contributed by atoms with Crippen molar-refractivity contribution in [2.24, 2.45) is 0 Å². The highest BCUT2D eigenvalue weighted by Gasteiger charge is 2.31. The Balaban J connectivity index is 1.33. The molecule has 1 atom stereocenters. The van der Waals surface area contributed by atoms with Gasteiger partial charge in [-0.15, -0.1) is 0 Å². The summed E-state index contributed by atoms with van der Waals surface area (Å²) >= 11 is 0. The van der Waals surface area contributed by atoms with E-state index in [4.69, 9.17) is 5.11 Å². The van der Waals surface area contributed by atoms with Gasteiger partial charge >= 0.3 is 12.0 Å². The van der Waals surface area contributed by atoms with Crippen molar-refractivity contribution >= 4 is 22.9 Å². The molecule has 0 bridgehead atoms. The summed E-state index contributed by atoms with van der Waals surface area (Å²) in [6, 6.07) is 19.5. The fourth-order valence-corrected chi connectivity index (χ4v) is 5.80. The molecule has 0 saturated heterocycles. The fourth-order valence-electron chi connectivity index (χ4n) is 5.80. The van der Waals surface area contributed by atoms with Gasteiger partial charge in [-0.05, 0) is 97.2 Å². The summed E-state index contributed by atoms with van der Waals surface area (Å²) in [5.74, 6) is -1.28. The first-order valence-corrected chi connectivity index (χ1v) is 13.9. The summed E-state index contributed by atoms with van der Waals surface area (Å²) in [6.45, 7) is 2.24. The number of carboxylic acids is 1. The highest BCUT2D eigenvalue weighted by molar-refractivity contribution is 5.82. The fraction of sp³-hybridized carbons (Fsp3) is 0.303. The van der Waals surface area contributed by atoms with Gasteiger partial charge in [-0.3, -0.25) is 9.78 Å². The molecule has 4 aromatic rings. The van der Waals surface area contributed by atoms with E-state index >= 15 is 0 Å². The summed E-state index contributed by atoms with van der Waals surface area (Å²) in [5.41, 5.74) is 4.26. The van der Waals surface area contributed by atoms with Gasteiger partial charge in [0.1, 0.15) is 11.6 Å². The van der Waals surface area contributed by atoms with E-state index in [0.29, 0.717) is 12.1 Å². The van der Waals surface area contributed by atoms with Crippen LogP contribution in [0.15, 0.2) is 79.0 Å². The Morgan fingerprint density at radius 2 is 1.59 bits per heavy atom. The second-order valence-corrected chi connectivity index (χ2v) is 10.8. The number of hydrogen-bond acceptors (Lipinski definition) is 3. The van der Waals surface area contributed by atoms with Crippen molar-refractivity contribution in [2.75, 3.05) is 0 Å². The van der Waals surface area contributed by atoms with Gasteiger partial charge in [0.2, 0.25) is 0 Å². The lowest BCUT2D eigenvalue weighted by atomic mass is 9.80. The van der Waals surface area contributed by atoms with Crippen molar-refractivity contribution < 1.29 is 23.5 Å². The molecule has 2 N–H and O–H groups in total. The first-order chi connectivity index (χ1) is 19.8. The number of fused-ring (bicyclic) bond motifs is 1. The van der Waals surface area contributed by atoms with E-state index in [-0.39, 0.29) is 42.1 Å². The minimum atomic E-state index is -0.894. The van der Waals surface area contributed by atoms with Gasteiger partial charge in [0.25, 0.3) is 0 Å². The van der Waals surface area contributed by atoms with E-state index in [1.165, 1.54) is 18.2 Å². The molecule has 1 heterocycles. The Morgan fingerprint density at radius 3 is 2.27 bits per heavy atom. The molecular formula is C33H33F2N3O3. The Bertz CT molecular complexity index is 1520. The van der Waals surface area contributed by atoms with E-state index < -0.39 is 5.97 Å². The Morgan fingerprint density at radius 1 is 0.927 bits per heavy atom. The number of benzene rings is 3. The first kappa shape index (κ1) is 28.2. The zero-order valence-corrected chi connectivity index (χ0v) is 22.9. The number of nitrogens with zero attached hydrogens (tertiary/aromatic N) is 2. The van der Waals surface area contributed by atoms with Crippen LogP contribution in [0.1, 0.15) is 66.8 Å². The van der Waals surface area contributed by atoms with Crippen molar-refractivity contribution in [3.05, 3.63) is 113 Å². The first-order valence-electron chi connectivity index (χ1n) is 13.9. The summed E-state index contributed by atoms with van der Waals surface area (Å²) in [6.07, 6.45) is 4.95. The van der Waals surface area contributed by atoms with E-state index in [0.717, 1.165) is 53.3 Å². The number of pyridine rings is 1. The molecule has 212 valence electrons. The summed E-state index contributed by atoms with van der Waals surface area (Å²) < 4.78 is 27.5.